The first-order chi connectivity index (χ1) is 10.5. The number of rotatable bonds is 6. The molecule has 0 atom stereocenters. The van der Waals surface area contributed by atoms with Crippen LogP contribution in [0.25, 0.3) is 0 Å². The van der Waals surface area contributed by atoms with Gasteiger partial charge in [0, 0.05) is 36.8 Å². The van der Waals surface area contributed by atoms with Crippen LogP contribution in [0, 0.1) is 0 Å². The number of hydrogen-bond donors (Lipinski definition) is 0. The van der Waals surface area contributed by atoms with Gasteiger partial charge >= 0.3 is 0 Å². The number of carbonyl (C=O) groups is 1. The van der Waals surface area contributed by atoms with Crippen molar-refractivity contribution in [2.75, 3.05) is 34.3 Å². The second kappa shape index (κ2) is 7.84. The van der Waals surface area contributed by atoms with E-state index >= 15 is 0 Å². The van der Waals surface area contributed by atoms with Gasteiger partial charge in [-0.25, -0.2) is 0 Å². The highest BCUT2D eigenvalue weighted by Crippen LogP contribution is 2.23. The lowest BCUT2D eigenvalue weighted by molar-refractivity contribution is 0.0774. The van der Waals surface area contributed by atoms with Crippen molar-refractivity contribution in [3.05, 3.63) is 28.8 Å². The molecular formula is C17H25ClN2O2. The zero-order chi connectivity index (χ0) is 16.1. The summed E-state index contributed by atoms with van der Waals surface area (Å²) in [7, 11) is 5.55. The van der Waals surface area contributed by atoms with Crippen molar-refractivity contribution >= 4 is 17.5 Å². The van der Waals surface area contributed by atoms with Gasteiger partial charge in [-0.05, 0) is 38.1 Å². The molecule has 1 amide bonds. The van der Waals surface area contributed by atoms with E-state index in [-0.39, 0.29) is 5.91 Å². The first-order valence-electron chi connectivity index (χ1n) is 7.81. The largest absolute Gasteiger partial charge is 0.497 e. The molecule has 5 heteroatoms. The predicted molar refractivity (Wildman–Crippen MR) is 89.9 cm³/mol. The van der Waals surface area contributed by atoms with Crippen LogP contribution in [0.3, 0.4) is 0 Å². The maximum Gasteiger partial charge on any atom is 0.253 e. The molecule has 0 saturated heterocycles. The molecule has 1 aromatic rings. The Morgan fingerprint density at radius 3 is 2.55 bits per heavy atom. The summed E-state index contributed by atoms with van der Waals surface area (Å²) < 4.78 is 5.17. The summed E-state index contributed by atoms with van der Waals surface area (Å²) in [6.45, 7) is 1.60. The van der Waals surface area contributed by atoms with Gasteiger partial charge < -0.3 is 14.5 Å². The molecule has 0 aromatic heterocycles. The number of carbonyl (C=O) groups excluding carboxylic acids is 1. The number of benzene rings is 1. The van der Waals surface area contributed by atoms with Gasteiger partial charge in [-0.3, -0.25) is 4.79 Å². The maximum atomic E-state index is 12.5. The Kier molecular flexibility index (Phi) is 6.09. The fourth-order valence-corrected chi connectivity index (χ4v) is 3.19. The van der Waals surface area contributed by atoms with Crippen molar-refractivity contribution in [2.45, 2.75) is 31.7 Å². The van der Waals surface area contributed by atoms with Crippen LogP contribution in [-0.2, 0) is 0 Å². The summed E-state index contributed by atoms with van der Waals surface area (Å²) in [6, 6.07) is 5.79. The molecule has 0 unspecified atom stereocenters. The minimum Gasteiger partial charge on any atom is -0.497 e. The molecule has 1 aliphatic rings. The molecule has 0 bridgehead atoms. The summed E-state index contributed by atoms with van der Waals surface area (Å²) in [4.78, 5) is 16.6. The SMILES string of the molecule is COc1cc(Cl)cc(C(=O)N(C)CCN(C)C2CCCC2)c1. The van der Waals surface area contributed by atoms with Crippen LogP contribution in [0.1, 0.15) is 36.0 Å². The molecular weight excluding hydrogens is 300 g/mol. The van der Waals surface area contributed by atoms with Crippen LogP contribution in [-0.4, -0.2) is 56.0 Å². The molecule has 2 rings (SSSR count). The van der Waals surface area contributed by atoms with Crippen LogP contribution >= 0.6 is 11.6 Å². The molecule has 122 valence electrons. The van der Waals surface area contributed by atoms with Gasteiger partial charge in [-0.2, -0.15) is 0 Å². The third-order valence-corrected chi connectivity index (χ3v) is 4.66. The summed E-state index contributed by atoms with van der Waals surface area (Å²) in [5, 5.41) is 0.513. The topological polar surface area (TPSA) is 32.8 Å². The minimum atomic E-state index is -0.0272. The van der Waals surface area contributed by atoms with E-state index in [1.807, 2.05) is 7.05 Å². The third-order valence-electron chi connectivity index (χ3n) is 4.44. The van der Waals surface area contributed by atoms with Crippen molar-refractivity contribution in [1.82, 2.24) is 9.80 Å². The standard InChI is InChI=1S/C17H25ClN2O2/c1-19(15-6-4-5-7-15)8-9-20(2)17(21)13-10-14(18)12-16(11-13)22-3/h10-12,15H,4-9H2,1-3H3. The second-order valence-electron chi connectivity index (χ2n) is 6.03. The van der Waals surface area contributed by atoms with Gasteiger partial charge in [-0.15, -0.1) is 0 Å². The molecule has 1 aromatic carbocycles. The average Bonchev–Trinajstić information content (AvgIpc) is 3.05. The fourth-order valence-electron chi connectivity index (χ4n) is 2.96. The van der Waals surface area contributed by atoms with Crippen molar-refractivity contribution in [3.63, 3.8) is 0 Å². The predicted octanol–water partition coefficient (Wildman–Crippen LogP) is 3.30. The zero-order valence-electron chi connectivity index (χ0n) is 13.6. The average molecular weight is 325 g/mol. The molecule has 0 spiro atoms. The Labute approximate surface area is 138 Å². The normalized spacial score (nSPS) is 15.3. The number of nitrogens with zero attached hydrogens (tertiary/aromatic N) is 2. The molecule has 1 aliphatic carbocycles. The summed E-state index contributed by atoms with van der Waals surface area (Å²) in [6.07, 6.45) is 5.21. The Balaban J connectivity index is 1.92. The number of hydrogen-bond acceptors (Lipinski definition) is 3. The van der Waals surface area contributed by atoms with Gasteiger partial charge in [-0.1, -0.05) is 24.4 Å². The van der Waals surface area contributed by atoms with Crippen LogP contribution in [0.2, 0.25) is 5.02 Å². The fraction of sp³-hybridized carbons (Fsp3) is 0.588. The molecule has 1 saturated carbocycles. The molecule has 4 nitrogen and oxygen atoms in total. The summed E-state index contributed by atoms with van der Waals surface area (Å²) >= 11 is 6.03. The van der Waals surface area contributed by atoms with Gasteiger partial charge in [0.25, 0.3) is 5.91 Å². The van der Waals surface area contributed by atoms with Crippen molar-refractivity contribution in [1.29, 1.82) is 0 Å². The smallest absolute Gasteiger partial charge is 0.253 e. The van der Waals surface area contributed by atoms with Crippen LogP contribution in [0.5, 0.6) is 5.75 Å². The molecule has 0 heterocycles. The summed E-state index contributed by atoms with van der Waals surface area (Å²) in [5.41, 5.74) is 0.565. The van der Waals surface area contributed by atoms with Crippen LogP contribution in [0.15, 0.2) is 18.2 Å². The highest BCUT2D eigenvalue weighted by Gasteiger charge is 2.20. The van der Waals surface area contributed by atoms with Crippen LogP contribution in [0.4, 0.5) is 0 Å². The van der Waals surface area contributed by atoms with E-state index in [9.17, 15) is 4.79 Å². The maximum absolute atomic E-state index is 12.5. The first kappa shape index (κ1) is 17.1. The molecule has 0 N–H and O–H groups in total. The number of ether oxygens (including phenoxy) is 1. The van der Waals surface area contributed by atoms with Gasteiger partial charge in [0.15, 0.2) is 0 Å². The Morgan fingerprint density at radius 2 is 1.91 bits per heavy atom. The van der Waals surface area contributed by atoms with E-state index in [4.69, 9.17) is 16.3 Å². The molecule has 22 heavy (non-hydrogen) atoms. The van der Waals surface area contributed by atoms with E-state index in [0.29, 0.717) is 28.9 Å². The van der Waals surface area contributed by atoms with E-state index < -0.39 is 0 Å². The lowest BCUT2D eigenvalue weighted by atomic mass is 10.2. The van der Waals surface area contributed by atoms with E-state index in [1.165, 1.54) is 25.7 Å². The second-order valence-corrected chi connectivity index (χ2v) is 6.46. The number of likely N-dealkylation sites (N-methyl/N-ethyl adjacent to an activating group) is 2. The Hall–Kier alpha value is -1.26. The molecule has 0 aliphatic heterocycles. The Bertz CT molecular complexity index is 515. The van der Waals surface area contributed by atoms with Crippen LogP contribution < -0.4 is 4.74 Å². The molecule has 1 fully saturated rings. The lowest BCUT2D eigenvalue weighted by Gasteiger charge is -2.27. The lowest BCUT2D eigenvalue weighted by Crippen LogP contribution is -2.38. The van der Waals surface area contributed by atoms with E-state index in [0.717, 1.165) is 6.54 Å². The van der Waals surface area contributed by atoms with Gasteiger partial charge in [0.05, 0.1) is 7.11 Å². The summed E-state index contributed by atoms with van der Waals surface area (Å²) in [5.74, 6) is 0.577. The highest BCUT2D eigenvalue weighted by atomic mass is 35.5. The highest BCUT2D eigenvalue weighted by molar-refractivity contribution is 6.31. The Morgan fingerprint density at radius 1 is 1.23 bits per heavy atom. The molecule has 0 radical (unpaired) electrons. The third kappa shape index (κ3) is 4.37. The monoisotopic (exact) mass is 324 g/mol. The number of methoxy groups -OCH3 is 1. The zero-order valence-corrected chi connectivity index (χ0v) is 14.4. The van der Waals surface area contributed by atoms with E-state index in [1.54, 1.807) is 30.2 Å². The quantitative estimate of drug-likeness (QED) is 0.805. The van der Waals surface area contributed by atoms with E-state index in [2.05, 4.69) is 11.9 Å². The van der Waals surface area contributed by atoms with Crippen molar-refractivity contribution < 1.29 is 9.53 Å². The number of amides is 1. The minimum absolute atomic E-state index is 0.0272. The first-order valence-corrected chi connectivity index (χ1v) is 8.19. The van der Waals surface area contributed by atoms with Crippen molar-refractivity contribution in [2.24, 2.45) is 0 Å². The number of halogens is 1. The van der Waals surface area contributed by atoms with Crippen molar-refractivity contribution in [3.8, 4) is 5.75 Å². The van der Waals surface area contributed by atoms with Gasteiger partial charge in [0.1, 0.15) is 5.75 Å². The van der Waals surface area contributed by atoms with Gasteiger partial charge in [0.2, 0.25) is 0 Å².